The second-order valence-corrected chi connectivity index (χ2v) is 6.68. The van der Waals surface area contributed by atoms with E-state index in [1.54, 1.807) is 0 Å². The molecule has 2 rings (SSSR count). The van der Waals surface area contributed by atoms with Gasteiger partial charge in [-0.2, -0.15) is 4.31 Å². The molecule has 1 heterocycles. The van der Waals surface area contributed by atoms with Crippen molar-refractivity contribution in [2.75, 3.05) is 13.1 Å². The molecule has 1 aromatic rings. The number of rotatable bonds is 3. The van der Waals surface area contributed by atoms with Gasteiger partial charge in [0.1, 0.15) is 0 Å². The van der Waals surface area contributed by atoms with Crippen molar-refractivity contribution in [1.29, 1.82) is 0 Å². The molecule has 19 heavy (non-hydrogen) atoms. The van der Waals surface area contributed by atoms with Crippen LogP contribution in [0.3, 0.4) is 0 Å². The third-order valence-corrected chi connectivity index (χ3v) is 5.23. The minimum absolute atomic E-state index is 0.143. The summed E-state index contributed by atoms with van der Waals surface area (Å²) in [7, 11) is -3.82. The number of nitro benzene ring substituents is 1. The maximum Gasteiger partial charge on any atom is 0.290 e. The molecule has 0 unspecified atom stereocenters. The van der Waals surface area contributed by atoms with Gasteiger partial charge in [-0.05, 0) is 25.0 Å². The summed E-state index contributed by atoms with van der Waals surface area (Å²) in [6, 6.07) is 3.62. The Bertz CT molecular complexity index is 597. The molecule has 0 spiro atoms. The van der Waals surface area contributed by atoms with Crippen LogP contribution in [0.1, 0.15) is 19.3 Å². The van der Waals surface area contributed by atoms with E-state index in [1.165, 1.54) is 16.4 Å². The standard InChI is InChI=1S/C11H13ClN2O4S/c12-9-4-5-11(10(8-9)14(15)16)19(17,18)13-6-2-1-3-7-13/h4-5,8H,1-3,6-7H2. The van der Waals surface area contributed by atoms with Gasteiger partial charge in [0.2, 0.25) is 10.0 Å². The smallest absolute Gasteiger partial charge is 0.258 e. The van der Waals surface area contributed by atoms with E-state index in [-0.39, 0.29) is 9.92 Å². The van der Waals surface area contributed by atoms with Crippen LogP contribution in [-0.4, -0.2) is 30.7 Å². The fourth-order valence-corrected chi connectivity index (χ4v) is 3.92. The number of nitro groups is 1. The number of nitrogens with zero attached hydrogens (tertiary/aromatic N) is 2. The highest BCUT2D eigenvalue weighted by Crippen LogP contribution is 2.30. The summed E-state index contributed by atoms with van der Waals surface area (Å²) in [6.45, 7) is 0.810. The van der Waals surface area contributed by atoms with Gasteiger partial charge in [-0.15, -0.1) is 0 Å². The second-order valence-electron chi connectivity index (χ2n) is 4.33. The number of piperidine rings is 1. The highest BCUT2D eigenvalue weighted by molar-refractivity contribution is 7.89. The molecular formula is C11H13ClN2O4S. The minimum atomic E-state index is -3.82. The summed E-state index contributed by atoms with van der Waals surface area (Å²) in [5.41, 5.74) is -0.474. The molecule has 1 aromatic carbocycles. The quantitative estimate of drug-likeness (QED) is 0.634. The molecule has 0 radical (unpaired) electrons. The fraction of sp³-hybridized carbons (Fsp3) is 0.455. The van der Waals surface area contributed by atoms with Gasteiger partial charge in [-0.1, -0.05) is 18.0 Å². The van der Waals surface area contributed by atoms with Crippen LogP contribution >= 0.6 is 11.6 Å². The maximum atomic E-state index is 12.4. The Hall–Kier alpha value is -1.18. The number of halogens is 1. The van der Waals surface area contributed by atoms with Crippen molar-refractivity contribution >= 4 is 27.3 Å². The van der Waals surface area contributed by atoms with E-state index in [9.17, 15) is 18.5 Å². The van der Waals surface area contributed by atoms with Gasteiger partial charge in [0.25, 0.3) is 5.69 Å². The van der Waals surface area contributed by atoms with E-state index in [0.717, 1.165) is 25.3 Å². The van der Waals surface area contributed by atoms with Crippen molar-refractivity contribution in [2.24, 2.45) is 0 Å². The maximum absolute atomic E-state index is 12.4. The lowest BCUT2D eigenvalue weighted by Crippen LogP contribution is -2.35. The molecule has 0 N–H and O–H groups in total. The Morgan fingerprint density at radius 2 is 1.84 bits per heavy atom. The van der Waals surface area contributed by atoms with Gasteiger partial charge in [-0.3, -0.25) is 10.1 Å². The molecule has 1 aliphatic heterocycles. The van der Waals surface area contributed by atoms with E-state index in [1.807, 2.05) is 0 Å². The van der Waals surface area contributed by atoms with Crippen LogP contribution in [0, 0.1) is 10.1 Å². The number of sulfonamides is 1. The SMILES string of the molecule is O=[N+]([O-])c1cc(Cl)ccc1S(=O)(=O)N1CCCCC1. The molecule has 1 aliphatic rings. The van der Waals surface area contributed by atoms with Crippen molar-refractivity contribution in [2.45, 2.75) is 24.2 Å². The summed E-state index contributed by atoms with van der Waals surface area (Å²) < 4.78 is 26.1. The molecule has 0 aliphatic carbocycles. The zero-order chi connectivity index (χ0) is 14.0. The zero-order valence-corrected chi connectivity index (χ0v) is 11.7. The number of benzene rings is 1. The van der Waals surface area contributed by atoms with Crippen molar-refractivity contribution in [3.8, 4) is 0 Å². The van der Waals surface area contributed by atoms with Gasteiger partial charge >= 0.3 is 0 Å². The normalized spacial score (nSPS) is 17.3. The molecule has 1 saturated heterocycles. The van der Waals surface area contributed by atoms with Gasteiger partial charge in [0, 0.05) is 24.2 Å². The first kappa shape index (κ1) is 14.2. The van der Waals surface area contributed by atoms with E-state index < -0.39 is 20.6 Å². The second kappa shape index (κ2) is 5.44. The van der Waals surface area contributed by atoms with Gasteiger partial charge in [0.05, 0.1) is 4.92 Å². The van der Waals surface area contributed by atoms with Gasteiger partial charge in [-0.25, -0.2) is 8.42 Å². The highest BCUT2D eigenvalue weighted by Gasteiger charge is 2.32. The third kappa shape index (κ3) is 2.88. The minimum Gasteiger partial charge on any atom is -0.258 e. The average molecular weight is 305 g/mol. The lowest BCUT2D eigenvalue weighted by molar-refractivity contribution is -0.387. The predicted octanol–water partition coefficient (Wildman–Crippen LogP) is 2.42. The molecular weight excluding hydrogens is 292 g/mol. The average Bonchev–Trinajstić information content (AvgIpc) is 2.39. The Balaban J connectivity index is 2.48. The van der Waals surface area contributed by atoms with Gasteiger partial charge in [0.15, 0.2) is 4.90 Å². The van der Waals surface area contributed by atoms with Crippen LogP contribution in [0.25, 0.3) is 0 Å². The molecule has 6 nitrogen and oxygen atoms in total. The molecule has 0 atom stereocenters. The van der Waals surface area contributed by atoms with E-state index in [0.29, 0.717) is 13.1 Å². The van der Waals surface area contributed by atoms with Crippen LogP contribution in [0.4, 0.5) is 5.69 Å². The van der Waals surface area contributed by atoms with Crippen molar-refractivity contribution < 1.29 is 13.3 Å². The van der Waals surface area contributed by atoms with Crippen LogP contribution < -0.4 is 0 Å². The monoisotopic (exact) mass is 304 g/mol. The highest BCUT2D eigenvalue weighted by atomic mass is 35.5. The molecule has 0 amide bonds. The molecule has 0 aromatic heterocycles. The lowest BCUT2D eigenvalue weighted by atomic mass is 10.2. The Morgan fingerprint density at radius 1 is 1.21 bits per heavy atom. The lowest BCUT2D eigenvalue weighted by Gasteiger charge is -2.25. The summed E-state index contributed by atoms with van der Waals surface area (Å²) in [6.07, 6.45) is 2.54. The molecule has 0 bridgehead atoms. The molecule has 1 fully saturated rings. The van der Waals surface area contributed by atoms with E-state index in [4.69, 9.17) is 11.6 Å². The van der Waals surface area contributed by atoms with Crippen LogP contribution in [-0.2, 0) is 10.0 Å². The van der Waals surface area contributed by atoms with Crippen molar-refractivity contribution in [3.63, 3.8) is 0 Å². The van der Waals surface area contributed by atoms with Crippen LogP contribution in [0.5, 0.6) is 0 Å². The molecule has 0 saturated carbocycles. The first-order chi connectivity index (χ1) is 8.93. The number of hydrogen-bond donors (Lipinski definition) is 0. The van der Waals surface area contributed by atoms with Crippen LogP contribution in [0.15, 0.2) is 23.1 Å². The summed E-state index contributed by atoms with van der Waals surface area (Å²) in [4.78, 5) is 9.96. The third-order valence-electron chi connectivity index (χ3n) is 3.05. The van der Waals surface area contributed by atoms with Crippen molar-refractivity contribution in [1.82, 2.24) is 4.31 Å². The largest absolute Gasteiger partial charge is 0.290 e. The number of hydrogen-bond acceptors (Lipinski definition) is 4. The first-order valence-electron chi connectivity index (χ1n) is 5.87. The van der Waals surface area contributed by atoms with Gasteiger partial charge < -0.3 is 0 Å². The molecule has 8 heteroatoms. The summed E-state index contributed by atoms with van der Waals surface area (Å²) in [5, 5.41) is 11.1. The zero-order valence-electron chi connectivity index (χ0n) is 10.1. The van der Waals surface area contributed by atoms with E-state index in [2.05, 4.69) is 0 Å². The first-order valence-corrected chi connectivity index (χ1v) is 7.69. The van der Waals surface area contributed by atoms with Crippen LogP contribution in [0.2, 0.25) is 5.02 Å². The Labute approximate surface area is 116 Å². The van der Waals surface area contributed by atoms with E-state index >= 15 is 0 Å². The Kier molecular flexibility index (Phi) is 4.07. The van der Waals surface area contributed by atoms with Crippen molar-refractivity contribution in [3.05, 3.63) is 33.3 Å². The molecule has 104 valence electrons. The predicted molar refractivity (Wildman–Crippen MR) is 70.7 cm³/mol. The summed E-state index contributed by atoms with van der Waals surface area (Å²) >= 11 is 5.68. The Morgan fingerprint density at radius 3 is 2.42 bits per heavy atom. The fourth-order valence-electron chi connectivity index (χ4n) is 2.10. The topological polar surface area (TPSA) is 80.5 Å². The summed E-state index contributed by atoms with van der Waals surface area (Å²) in [5.74, 6) is 0.